The van der Waals surface area contributed by atoms with Crippen molar-refractivity contribution in [2.45, 2.75) is 26.4 Å². The van der Waals surface area contributed by atoms with E-state index < -0.39 is 0 Å². The van der Waals surface area contributed by atoms with Gasteiger partial charge < -0.3 is 4.98 Å². The van der Waals surface area contributed by atoms with E-state index in [1.807, 2.05) is 35.7 Å². The molecule has 5 nitrogen and oxygen atoms in total. The van der Waals surface area contributed by atoms with Crippen LogP contribution in [0.2, 0.25) is 0 Å². The van der Waals surface area contributed by atoms with Gasteiger partial charge in [-0.05, 0) is 19.4 Å². The molecule has 1 aliphatic rings. The van der Waals surface area contributed by atoms with E-state index in [1.54, 1.807) is 11.3 Å². The number of rotatable bonds is 4. The number of aromatic nitrogens is 2. The van der Waals surface area contributed by atoms with Crippen LogP contribution in [0.4, 0.5) is 0 Å². The summed E-state index contributed by atoms with van der Waals surface area (Å²) in [4.78, 5) is 26.2. The molecule has 0 spiro atoms. The molecular weight excluding hydrogens is 344 g/mol. The summed E-state index contributed by atoms with van der Waals surface area (Å²) in [5, 5.41) is 2.74. The molecule has 0 radical (unpaired) electrons. The first-order valence-electron chi connectivity index (χ1n) is 9.14. The van der Waals surface area contributed by atoms with Gasteiger partial charge in [0.2, 0.25) is 0 Å². The smallest absolute Gasteiger partial charge is 0.260 e. The molecule has 1 fully saturated rings. The Morgan fingerprint density at radius 3 is 2.58 bits per heavy atom. The predicted octanol–water partition coefficient (Wildman–Crippen LogP) is 3.18. The van der Waals surface area contributed by atoms with Crippen molar-refractivity contribution in [3.63, 3.8) is 0 Å². The van der Waals surface area contributed by atoms with Gasteiger partial charge in [-0.1, -0.05) is 30.3 Å². The molecule has 0 bridgehead atoms. The molecule has 1 saturated heterocycles. The van der Waals surface area contributed by atoms with Crippen LogP contribution >= 0.6 is 11.3 Å². The van der Waals surface area contributed by atoms with E-state index >= 15 is 0 Å². The van der Waals surface area contributed by atoms with Gasteiger partial charge in [-0.3, -0.25) is 14.6 Å². The van der Waals surface area contributed by atoms with Crippen LogP contribution in [-0.2, 0) is 6.54 Å². The minimum atomic E-state index is -0.0362. The van der Waals surface area contributed by atoms with Crippen LogP contribution in [-0.4, -0.2) is 52.0 Å². The average molecular weight is 369 g/mol. The lowest BCUT2D eigenvalue weighted by molar-refractivity contribution is 0.102. The summed E-state index contributed by atoms with van der Waals surface area (Å²) >= 11 is 1.55. The molecule has 6 heteroatoms. The summed E-state index contributed by atoms with van der Waals surface area (Å²) < 4.78 is 0. The van der Waals surface area contributed by atoms with Gasteiger partial charge in [0.15, 0.2) is 0 Å². The summed E-state index contributed by atoms with van der Waals surface area (Å²) in [5.41, 5.74) is 1.99. The topological polar surface area (TPSA) is 52.2 Å². The predicted molar refractivity (Wildman–Crippen MR) is 108 cm³/mol. The first-order valence-corrected chi connectivity index (χ1v) is 10.0. The number of piperazine rings is 1. The van der Waals surface area contributed by atoms with Crippen LogP contribution in [0.1, 0.15) is 19.7 Å². The quantitative estimate of drug-likeness (QED) is 0.768. The molecule has 26 heavy (non-hydrogen) atoms. The van der Waals surface area contributed by atoms with Crippen molar-refractivity contribution in [2.75, 3.05) is 26.2 Å². The number of nitrogens with one attached hydrogen (secondary N) is 1. The van der Waals surface area contributed by atoms with Crippen LogP contribution < -0.4 is 5.56 Å². The van der Waals surface area contributed by atoms with Crippen LogP contribution in [0, 0.1) is 0 Å². The van der Waals surface area contributed by atoms with Gasteiger partial charge in [0, 0.05) is 43.2 Å². The van der Waals surface area contributed by atoms with Crippen molar-refractivity contribution < 1.29 is 0 Å². The maximum atomic E-state index is 12.7. The Hall–Kier alpha value is -2.02. The Kier molecular flexibility index (Phi) is 4.89. The monoisotopic (exact) mass is 368 g/mol. The summed E-state index contributed by atoms with van der Waals surface area (Å²) in [5.74, 6) is 0.766. The SMILES string of the molecule is CC(C)N1CCN(Cc2nc3scc(-c4ccccc4)c3c(=O)[nH]2)CC1. The lowest BCUT2D eigenvalue weighted by Crippen LogP contribution is -2.48. The fourth-order valence-corrected chi connectivity index (χ4v) is 4.52. The third-order valence-electron chi connectivity index (χ3n) is 5.09. The van der Waals surface area contributed by atoms with Gasteiger partial charge in [0.1, 0.15) is 10.7 Å². The Morgan fingerprint density at radius 2 is 1.88 bits per heavy atom. The van der Waals surface area contributed by atoms with Crippen LogP contribution in [0.3, 0.4) is 0 Å². The minimum absolute atomic E-state index is 0.0362. The number of benzene rings is 1. The van der Waals surface area contributed by atoms with Gasteiger partial charge in [0.25, 0.3) is 5.56 Å². The molecule has 0 saturated carbocycles. The number of thiophene rings is 1. The van der Waals surface area contributed by atoms with Crippen molar-refractivity contribution in [1.29, 1.82) is 0 Å². The second-order valence-corrected chi connectivity index (χ2v) is 7.97. The first kappa shape index (κ1) is 17.4. The van der Waals surface area contributed by atoms with Crippen molar-refractivity contribution in [3.8, 4) is 11.1 Å². The van der Waals surface area contributed by atoms with E-state index in [0.717, 1.165) is 48.0 Å². The fourth-order valence-electron chi connectivity index (χ4n) is 3.55. The number of hydrogen-bond donors (Lipinski definition) is 1. The number of H-pyrrole nitrogens is 1. The van der Waals surface area contributed by atoms with Crippen molar-refractivity contribution in [3.05, 3.63) is 51.9 Å². The summed E-state index contributed by atoms with van der Waals surface area (Å²) in [6, 6.07) is 10.6. The van der Waals surface area contributed by atoms with Crippen LogP contribution in [0.5, 0.6) is 0 Å². The van der Waals surface area contributed by atoms with E-state index in [9.17, 15) is 4.79 Å². The van der Waals surface area contributed by atoms with Gasteiger partial charge in [0.05, 0.1) is 11.9 Å². The van der Waals surface area contributed by atoms with E-state index in [2.05, 4.69) is 28.6 Å². The zero-order valence-electron chi connectivity index (χ0n) is 15.2. The lowest BCUT2D eigenvalue weighted by Gasteiger charge is -2.36. The number of aromatic amines is 1. The molecule has 136 valence electrons. The molecule has 0 atom stereocenters. The molecule has 3 heterocycles. The third-order valence-corrected chi connectivity index (χ3v) is 5.96. The molecule has 2 aromatic heterocycles. The number of hydrogen-bond acceptors (Lipinski definition) is 5. The highest BCUT2D eigenvalue weighted by Gasteiger charge is 2.20. The third kappa shape index (κ3) is 3.45. The number of nitrogens with zero attached hydrogens (tertiary/aromatic N) is 3. The van der Waals surface area contributed by atoms with Crippen molar-refractivity contribution >= 4 is 21.6 Å². The molecular formula is C20H24N4OS. The highest BCUT2D eigenvalue weighted by molar-refractivity contribution is 7.17. The Morgan fingerprint density at radius 1 is 1.15 bits per heavy atom. The van der Waals surface area contributed by atoms with Gasteiger partial charge in [-0.15, -0.1) is 11.3 Å². The molecule has 0 amide bonds. The molecule has 1 aliphatic heterocycles. The van der Waals surface area contributed by atoms with Crippen molar-refractivity contribution in [2.24, 2.45) is 0 Å². The lowest BCUT2D eigenvalue weighted by atomic mass is 10.1. The maximum Gasteiger partial charge on any atom is 0.260 e. The molecule has 1 aromatic carbocycles. The zero-order chi connectivity index (χ0) is 18.1. The standard InChI is InChI=1S/C20H24N4OS/c1-14(2)24-10-8-23(9-11-24)12-17-21-19(25)18-16(13-26-20(18)22-17)15-6-4-3-5-7-15/h3-7,13-14H,8-12H2,1-2H3,(H,21,22,25). The van der Waals surface area contributed by atoms with E-state index in [-0.39, 0.29) is 5.56 Å². The Balaban J connectivity index is 1.56. The summed E-state index contributed by atoms with van der Waals surface area (Å²) in [7, 11) is 0. The zero-order valence-corrected chi connectivity index (χ0v) is 16.1. The summed E-state index contributed by atoms with van der Waals surface area (Å²) in [6.07, 6.45) is 0. The van der Waals surface area contributed by atoms with Crippen molar-refractivity contribution in [1.82, 2.24) is 19.8 Å². The fraction of sp³-hybridized carbons (Fsp3) is 0.400. The Bertz CT molecular complexity index is 939. The van der Waals surface area contributed by atoms with Crippen LogP contribution in [0.25, 0.3) is 21.3 Å². The average Bonchev–Trinajstić information content (AvgIpc) is 3.07. The summed E-state index contributed by atoms with van der Waals surface area (Å²) in [6.45, 7) is 9.35. The van der Waals surface area contributed by atoms with E-state index in [4.69, 9.17) is 4.98 Å². The molecule has 0 aliphatic carbocycles. The van der Waals surface area contributed by atoms with Gasteiger partial charge in [-0.25, -0.2) is 4.98 Å². The number of fused-ring (bicyclic) bond motifs is 1. The van der Waals surface area contributed by atoms with Gasteiger partial charge >= 0.3 is 0 Å². The Labute approximate surface area is 157 Å². The molecule has 1 N–H and O–H groups in total. The molecule has 4 rings (SSSR count). The van der Waals surface area contributed by atoms with Crippen LogP contribution in [0.15, 0.2) is 40.5 Å². The molecule has 0 unspecified atom stereocenters. The normalized spacial score (nSPS) is 16.6. The minimum Gasteiger partial charge on any atom is -0.309 e. The second kappa shape index (κ2) is 7.31. The molecule has 3 aromatic rings. The van der Waals surface area contributed by atoms with Gasteiger partial charge in [-0.2, -0.15) is 0 Å². The van der Waals surface area contributed by atoms with E-state index in [0.29, 0.717) is 18.0 Å². The first-order chi connectivity index (χ1) is 12.6. The second-order valence-electron chi connectivity index (χ2n) is 7.11. The van der Waals surface area contributed by atoms with E-state index in [1.165, 1.54) is 0 Å². The highest BCUT2D eigenvalue weighted by Crippen LogP contribution is 2.30. The maximum absolute atomic E-state index is 12.7. The largest absolute Gasteiger partial charge is 0.309 e. The highest BCUT2D eigenvalue weighted by atomic mass is 32.1.